The number of amides is 4. The number of halogens is 2. The lowest BCUT2D eigenvalue weighted by Crippen LogP contribution is -2.48. The first-order valence-corrected chi connectivity index (χ1v) is 9.21. The number of rotatable bonds is 5. The molecule has 2 fully saturated rings. The third-order valence-electron chi connectivity index (χ3n) is 5.35. The summed E-state index contributed by atoms with van der Waals surface area (Å²) in [6.45, 7) is 0.817. The van der Waals surface area contributed by atoms with Crippen LogP contribution in [0.15, 0.2) is 24.3 Å². The van der Waals surface area contributed by atoms with Crippen LogP contribution < -0.4 is 10.1 Å². The van der Waals surface area contributed by atoms with Crippen molar-refractivity contribution in [2.45, 2.75) is 51.3 Å². The van der Waals surface area contributed by atoms with Gasteiger partial charge in [-0.25, -0.2) is 4.79 Å². The van der Waals surface area contributed by atoms with Crippen molar-refractivity contribution in [1.29, 1.82) is 0 Å². The van der Waals surface area contributed by atoms with Gasteiger partial charge >= 0.3 is 12.6 Å². The monoisotopic (exact) mass is 395 g/mol. The van der Waals surface area contributed by atoms with Crippen LogP contribution in [0.1, 0.15) is 38.7 Å². The normalized spacial score (nSPS) is 25.2. The van der Waals surface area contributed by atoms with Gasteiger partial charge in [0.25, 0.3) is 5.91 Å². The first kappa shape index (κ1) is 20.0. The zero-order chi connectivity index (χ0) is 20.5. The zero-order valence-electron chi connectivity index (χ0n) is 15.8. The maximum atomic E-state index is 12.9. The summed E-state index contributed by atoms with van der Waals surface area (Å²) in [6, 6.07) is 4.90. The van der Waals surface area contributed by atoms with Gasteiger partial charge in [-0.1, -0.05) is 12.1 Å². The Bertz CT molecular complexity index is 771. The number of carbonyl (C=O) groups excluding carboxylic acids is 3. The first-order chi connectivity index (χ1) is 13.2. The molecule has 4 amide bonds. The number of nitrogens with one attached hydrogen (secondary N) is 1. The minimum Gasteiger partial charge on any atom is -0.435 e. The summed E-state index contributed by atoms with van der Waals surface area (Å²) in [5.74, 6) is -0.871. The van der Waals surface area contributed by atoms with E-state index in [0.717, 1.165) is 24.2 Å². The van der Waals surface area contributed by atoms with Crippen molar-refractivity contribution < 1.29 is 27.9 Å². The molecule has 2 unspecified atom stereocenters. The SMILES string of the molecule is CC1CCCCN1C(=O)CN1C(=O)NC(C)(c2ccc(OC(F)F)cc2)C1=O. The van der Waals surface area contributed by atoms with E-state index in [-0.39, 0.29) is 24.2 Å². The number of ether oxygens (including phenoxy) is 1. The lowest BCUT2D eigenvalue weighted by atomic mass is 9.92. The van der Waals surface area contributed by atoms with Gasteiger partial charge in [-0.15, -0.1) is 0 Å². The molecule has 2 atom stereocenters. The summed E-state index contributed by atoms with van der Waals surface area (Å²) < 4.78 is 28.9. The van der Waals surface area contributed by atoms with E-state index in [4.69, 9.17) is 0 Å². The second-order valence-corrected chi connectivity index (χ2v) is 7.28. The van der Waals surface area contributed by atoms with Gasteiger partial charge in [-0.05, 0) is 50.8 Å². The third-order valence-corrected chi connectivity index (χ3v) is 5.35. The molecule has 0 bridgehead atoms. The molecule has 0 aliphatic carbocycles. The number of hydrogen-bond acceptors (Lipinski definition) is 4. The molecule has 1 aromatic carbocycles. The van der Waals surface area contributed by atoms with E-state index >= 15 is 0 Å². The number of imide groups is 1. The van der Waals surface area contributed by atoms with E-state index in [0.29, 0.717) is 12.1 Å². The smallest absolute Gasteiger partial charge is 0.387 e. The van der Waals surface area contributed by atoms with Crippen molar-refractivity contribution in [3.05, 3.63) is 29.8 Å². The molecule has 28 heavy (non-hydrogen) atoms. The molecule has 9 heteroatoms. The van der Waals surface area contributed by atoms with Crippen LogP contribution in [0, 0.1) is 0 Å². The molecule has 0 saturated carbocycles. The highest BCUT2D eigenvalue weighted by Gasteiger charge is 2.49. The molecule has 0 spiro atoms. The minimum absolute atomic E-state index is 0.0507. The predicted molar refractivity (Wildman–Crippen MR) is 95.7 cm³/mol. The van der Waals surface area contributed by atoms with Crippen molar-refractivity contribution >= 4 is 17.8 Å². The van der Waals surface area contributed by atoms with E-state index in [1.165, 1.54) is 31.2 Å². The molecule has 2 aliphatic rings. The summed E-state index contributed by atoms with van der Waals surface area (Å²) in [4.78, 5) is 40.5. The Kier molecular flexibility index (Phi) is 5.53. The second-order valence-electron chi connectivity index (χ2n) is 7.28. The number of carbonyl (C=O) groups is 3. The van der Waals surface area contributed by atoms with Gasteiger partial charge in [-0.2, -0.15) is 8.78 Å². The number of benzene rings is 1. The number of piperidine rings is 1. The summed E-state index contributed by atoms with van der Waals surface area (Å²) >= 11 is 0. The third kappa shape index (κ3) is 3.79. The van der Waals surface area contributed by atoms with Crippen molar-refractivity contribution in [3.8, 4) is 5.75 Å². The Hall–Kier alpha value is -2.71. The van der Waals surface area contributed by atoms with Crippen molar-refractivity contribution in [3.63, 3.8) is 0 Å². The number of hydrogen-bond donors (Lipinski definition) is 1. The largest absolute Gasteiger partial charge is 0.435 e. The van der Waals surface area contributed by atoms with E-state index in [1.54, 1.807) is 4.90 Å². The highest BCUT2D eigenvalue weighted by molar-refractivity contribution is 6.09. The maximum Gasteiger partial charge on any atom is 0.387 e. The average Bonchev–Trinajstić information content (AvgIpc) is 2.86. The molecule has 1 N–H and O–H groups in total. The van der Waals surface area contributed by atoms with Crippen LogP contribution in [-0.4, -0.2) is 53.4 Å². The van der Waals surface area contributed by atoms with Gasteiger partial charge in [0.2, 0.25) is 5.91 Å². The topological polar surface area (TPSA) is 79.0 Å². The lowest BCUT2D eigenvalue weighted by Gasteiger charge is -2.34. The van der Waals surface area contributed by atoms with Gasteiger partial charge < -0.3 is 15.0 Å². The van der Waals surface area contributed by atoms with Gasteiger partial charge in [0.05, 0.1) is 0 Å². The quantitative estimate of drug-likeness (QED) is 0.777. The molecule has 7 nitrogen and oxygen atoms in total. The lowest BCUT2D eigenvalue weighted by molar-refractivity contribution is -0.140. The van der Waals surface area contributed by atoms with Gasteiger partial charge in [0.1, 0.15) is 17.8 Å². The summed E-state index contributed by atoms with van der Waals surface area (Å²) in [7, 11) is 0. The molecule has 0 aromatic heterocycles. The first-order valence-electron chi connectivity index (χ1n) is 9.21. The molecular weight excluding hydrogens is 372 g/mol. The Morgan fingerprint density at radius 3 is 2.57 bits per heavy atom. The molecule has 2 heterocycles. The van der Waals surface area contributed by atoms with E-state index < -0.39 is 24.1 Å². The van der Waals surface area contributed by atoms with Crippen LogP contribution in [0.25, 0.3) is 0 Å². The van der Waals surface area contributed by atoms with Crippen molar-refractivity contribution in [2.24, 2.45) is 0 Å². The van der Waals surface area contributed by atoms with Crippen LogP contribution in [0.3, 0.4) is 0 Å². The van der Waals surface area contributed by atoms with Crippen LogP contribution in [0.4, 0.5) is 13.6 Å². The Morgan fingerprint density at radius 2 is 1.96 bits per heavy atom. The molecule has 3 rings (SSSR count). The summed E-state index contributed by atoms with van der Waals surface area (Å²) in [6.07, 6.45) is 2.86. The Labute approximate surface area is 161 Å². The fraction of sp³-hybridized carbons (Fsp3) is 0.526. The van der Waals surface area contributed by atoms with Crippen molar-refractivity contribution in [2.75, 3.05) is 13.1 Å². The number of alkyl halides is 2. The van der Waals surface area contributed by atoms with Gasteiger partial charge in [-0.3, -0.25) is 14.5 Å². The van der Waals surface area contributed by atoms with E-state index in [2.05, 4.69) is 10.1 Å². The van der Waals surface area contributed by atoms with Gasteiger partial charge in [0, 0.05) is 12.6 Å². The average molecular weight is 395 g/mol. The van der Waals surface area contributed by atoms with E-state index in [1.807, 2.05) is 6.92 Å². The molecule has 0 radical (unpaired) electrons. The molecular formula is C19H23F2N3O4. The second kappa shape index (κ2) is 7.73. The molecule has 1 aromatic rings. The van der Waals surface area contributed by atoms with Crippen LogP contribution >= 0.6 is 0 Å². The Morgan fingerprint density at radius 1 is 1.29 bits per heavy atom. The van der Waals surface area contributed by atoms with Crippen LogP contribution in [0.2, 0.25) is 0 Å². The van der Waals surface area contributed by atoms with E-state index in [9.17, 15) is 23.2 Å². The molecule has 152 valence electrons. The minimum atomic E-state index is -2.95. The van der Waals surface area contributed by atoms with Gasteiger partial charge in [0.15, 0.2) is 0 Å². The fourth-order valence-corrected chi connectivity index (χ4v) is 3.70. The maximum absolute atomic E-state index is 12.9. The highest BCUT2D eigenvalue weighted by Crippen LogP contribution is 2.30. The zero-order valence-corrected chi connectivity index (χ0v) is 15.8. The molecule has 2 aliphatic heterocycles. The van der Waals surface area contributed by atoms with Crippen LogP contribution in [0.5, 0.6) is 5.75 Å². The number of likely N-dealkylation sites (tertiary alicyclic amines) is 1. The fourth-order valence-electron chi connectivity index (χ4n) is 3.70. The standard InChI is InChI=1S/C19H23F2N3O4/c1-12-5-3-4-10-23(12)15(25)11-24-16(26)19(2,22-18(24)27)13-6-8-14(9-7-13)28-17(20)21/h6-9,12,17H,3-5,10-11H2,1-2H3,(H,22,27). The van der Waals surface area contributed by atoms with Crippen molar-refractivity contribution in [1.82, 2.24) is 15.1 Å². The summed E-state index contributed by atoms with van der Waals surface area (Å²) in [5.41, 5.74) is -0.970. The Balaban J connectivity index is 1.74. The number of urea groups is 1. The molecule has 2 saturated heterocycles. The predicted octanol–water partition coefficient (Wildman–Crippen LogP) is 2.46. The summed E-state index contributed by atoms with van der Waals surface area (Å²) in [5, 5.41) is 2.60. The van der Waals surface area contributed by atoms with Crippen LogP contribution in [-0.2, 0) is 15.1 Å². The number of nitrogens with zero attached hydrogens (tertiary/aromatic N) is 2. The highest BCUT2D eigenvalue weighted by atomic mass is 19.3.